The molecule has 1 atom stereocenters. The zero-order chi connectivity index (χ0) is 15.6. The molecule has 1 unspecified atom stereocenters. The second kappa shape index (κ2) is 6.27. The number of hydrogen-bond acceptors (Lipinski definition) is 6. The molecule has 21 heavy (non-hydrogen) atoms. The van der Waals surface area contributed by atoms with Gasteiger partial charge in [0.15, 0.2) is 5.13 Å². The van der Waals surface area contributed by atoms with Crippen LogP contribution in [0.4, 0.5) is 5.13 Å². The van der Waals surface area contributed by atoms with Crippen LogP contribution in [0.15, 0.2) is 18.2 Å². The number of rotatable bonds is 5. The van der Waals surface area contributed by atoms with Crippen molar-refractivity contribution < 1.29 is 13.2 Å². The molecule has 0 radical (unpaired) electrons. The average Bonchev–Trinajstić information content (AvgIpc) is 2.76. The Bertz CT molecular complexity index is 773. The molecule has 1 heterocycles. The number of carbonyl (C=O) groups is 1. The van der Waals surface area contributed by atoms with E-state index in [9.17, 15) is 13.2 Å². The number of hydrogen-bond donors (Lipinski definition) is 2. The minimum atomic E-state index is -3.14. The molecule has 3 N–H and O–H groups in total. The zero-order valence-corrected chi connectivity index (χ0v) is 13.6. The summed E-state index contributed by atoms with van der Waals surface area (Å²) >= 11 is 7.16. The lowest BCUT2D eigenvalue weighted by Crippen LogP contribution is -2.37. The summed E-state index contributed by atoms with van der Waals surface area (Å²) in [6.45, 7) is 0. The van der Waals surface area contributed by atoms with Crippen LogP contribution in [0, 0.1) is 0 Å². The Morgan fingerprint density at radius 3 is 2.90 bits per heavy atom. The van der Waals surface area contributed by atoms with Gasteiger partial charge in [-0.05, 0) is 24.6 Å². The molecule has 1 aromatic heterocycles. The van der Waals surface area contributed by atoms with Crippen molar-refractivity contribution in [1.29, 1.82) is 0 Å². The minimum Gasteiger partial charge on any atom is -0.320 e. The highest BCUT2D eigenvalue weighted by Crippen LogP contribution is 2.28. The van der Waals surface area contributed by atoms with E-state index in [4.69, 9.17) is 17.3 Å². The maximum atomic E-state index is 11.9. The number of aromatic nitrogens is 1. The first kappa shape index (κ1) is 16.2. The van der Waals surface area contributed by atoms with E-state index in [1.165, 1.54) is 11.3 Å². The Labute approximate surface area is 131 Å². The van der Waals surface area contributed by atoms with E-state index in [-0.39, 0.29) is 12.2 Å². The van der Waals surface area contributed by atoms with Crippen molar-refractivity contribution in [2.75, 3.05) is 17.3 Å². The average molecular weight is 348 g/mol. The van der Waals surface area contributed by atoms with Gasteiger partial charge in [-0.15, -0.1) is 0 Å². The first-order valence-corrected chi connectivity index (χ1v) is 9.30. The number of sulfone groups is 1. The van der Waals surface area contributed by atoms with Crippen LogP contribution < -0.4 is 11.1 Å². The van der Waals surface area contributed by atoms with Crippen molar-refractivity contribution in [1.82, 2.24) is 4.98 Å². The van der Waals surface area contributed by atoms with E-state index < -0.39 is 21.8 Å². The van der Waals surface area contributed by atoms with E-state index in [1.54, 1.807) is 18.2 Å². The van der Waals surface area contributed by atoms with Gasteiger partial charge in [0.2, 0.25) is 5.91 Å². The van der Waals surface area contributed by atoms with Gasteiger partial charge in [0, 0.05) is 11.3 Å². The Hall–Kier alpha value is -1.22. The molecular formula is C12H14ClN3O3S2. The molecule has 2 rings (SSSR count). The topological polar surface area (TPSA) is 102 Å². The smallest absolute Gasteiger partial charge is 0.243 e. The van der Waals surface area contributed by atoms with Crippen molar-refractivity contribution in [2.24, 2.45) is 5.73 Å². The fourth-order valence-electron chi connectivity index (χ4n) is 1.62. The molecule has 0 saturated heterocycles. The monoisotopic (exact) mass is 347 g/mol. The number of anilines is 1. The van der Waals surface area contributed by atoms with Crippen molar-refractivity contribution in [2.45, 2.75) is 12.5 Å². The fraction of sp³-hybridized carbons (Fsp3) is 0.333. The second-order valence-corrected chi connectivity index (χ2v) is 8.37. The van der Waals surface area contributed by atoms with Crippen LogP contribution in [0.2, 0.25) is 5.02 Å². The molecule has 0 spiro atoms. The standard InChI is InChI=1S/C12H14ClN3O3S2/c1-21(18,19)5-4-8(14)11(17)16-12-15-9-3-2-7(13)6-10(9)20-12/h2-3,6,8H,4-5,14H2,1H3,(H,15,16,17). The molecule has 6 nitrogen and oxygen atoms in total. The van der Waals surface area contributed by atoms with Crippen molar-refractivity contribution in [3.8, 4) is 0 Å². The number of fused-ring (bicyclic) bond motifs is 1. The van der Waals surface area contributed by atoms with Crippen LogP contribution in [-0.2, 0) is 14.6 Å². The quantitative estimate of drug-likeness (QED) is 0.856. The summed E-state index contributed by atoms with van der Waals surface area (Å²) in [6.07, 6.45) is 1.18. The van der Waals surface area contributed by atoms with Crippen molar-refractivity contribution in [3.05, 3.63) is 23.2 Å². The first-order chi connectivity index (χ1) is 9.74. The van der Waals surface area contributed by atoms with Crippen LogP contribution in [0.5, 0.6) is 0 Å². The SMILES string of the molecule is CS(=O)(=O)CCC(N)C(=O)Nc1nc2ccc(Cl)cc2s1. The van der Waals surface area contributed by atoms with Gasteiger partial charge in [-0.2, -0.15) is 0 Å². The predicted octanol–water partition coefficient (Wildman–Crippen LogP) is 1.65. The summed E-state index contributed by atoms with van der Waals surface area (Å²) < 4.78 is 23.0. The highest BCUT2D eigenvalue weighted by molar-refractivity contribution is 7.90. The molecule has 0 saturated carbocycles. The highest BCUT2D eigenvalue weighted by atomic mass is 35.5. The lowest BCUT2D eigenvalue weighted by atomic mass is 10.2. The number of halogens is 1. The van der Waals surface area contributed by atoms with Gasteiger partial charge in [0.1, 0.15) is 9.84 Å². The van der Waals surface area contributed by atoms with Gasteiger partial charge in [0.25, 0.3) is 0 Å². The number of nitrogens with one attached hydrogen (secondary N) is 1. The van der Waals surface area contributed by atoms with Gasteiger partial charge in [-0.25, -0.2) is 13.4 Å². The number of thiazole rings is 1. The third-order valence-corrected chi connectivity index (χ3v) is 4.86. The third-order valence-electron chi connectivity index (χ3n) is 2.72. The third kappa shape index (κ3) is 4.63. The molecule has 0 aliphatic heterocycles. The van der Waals surface area contributed by atoms with Gasteiger partial charge < -0.3 is 11.1 Å². The fourth-order valence-corrected chi connectivity index (χ4v) is 3.45. The van der Waals surface area contributed by atoms with E-state index in [2.05, 4.69) is 10.3 Å². The lowest BCUT2D eigenvalue weighted by Gasteiger charge is -2.09. The molecule has 0 aliphatic carbocycles. The molecular weight excluding hydrogens is 334 g/mol. The van der Waals surface area contributed by atoms with Gasteiger partial charge in [0.05, 0.1) is 22.0 Å². The number of amides is 1. The van der Waals surface area contributed by atoms with E-state index in [0.717, 1.165) is 16.5 Å². The number of nitrogens with zero attached hydrogens (tertiary/aromatic N) is 1. The van der Waals surface area contributed by atoms with Crippen LogP contribution in [-0.4, -0.2) is 37.4 Å². The second-order valence-electron chi connectivity index (χ2n) is 4.65. The largest absolute Gasteiger partial charge is 0.320 e. The molecule has 1 aromatic carbocycles. The summed E-state index contributed by atoms with van der Waals surface area (Å²) in [4.78, 5) is 16.1. The highest BCUT2D eigenvalue weighted by Gasteiger charge is 2.17. The molecule has 2 aromatic rings. The summed E-state index contributed by atoms with van der Waals surface area (Å²) in [5.74, 6) is -0.583. The summed E-state index contributed by atoms with van der Waals surface area (Å²) in [5.41, 5.74) is 6.40. The van der Waals surface area contributed by atoms with E-state index in [1.807, 2.05) is 0 Å². The molecule has 0 aliphatic rings. The minimum absolute atomic E-state index is 0.0708. The van der Waals surface area contributed by atoms with Crippen molar-refractivity contribution >= 4 is 54.0 Å². The van der Waals surface area contributed by atoms with E-state index in [0.29, 0.717) is 10.2 Å². The first-order valence-electron chi connectivity index (χ1n) is 6.05. The summed E-state index contributed by atoms with van der Waals surface area (Å²) in [6, 6.07) is 4.34. The predicted molar refractivity (Wildman–Crippen MR) is 85.6 cm³/mol. The Morgan fingerprint density at radius 1 is 1.52 bits per heavy atom. The number of nitrogens with two attached hydrogens (primary N) is 1. The molecule has 0 bridgehead atoms. The van der Waals surface area contributed by atoms with Crippen LogP contribution in [0.1, 0.15) is 6.42 Å². The molecule has 9 heteroatoms. The Kier molecular flexibility index (Phi) is 4.82. The molecule has 1 amide bonds. The molecule has 114 valence electrons. The van der Waals surface area contributed by atoms with Crippen LogP contribution in [0.3, 0.4) is 0 Å². The zero-order valence-electron chi connectivity index (χ0n) is 11.2. The van der Waals surface area contributed by atoms with Crippen LogP contribution >= 0.6 is 22.9 Å². The van der Waals surface area contributed by atoms with Gasteiger partial charge >= 0.3 is 0 Å². The summed E-state index contributed by atoms with van der Waals surface area (Å²) in [5, 5.41) is 3.59. The van der Waals surface area contributed by atoms with Gasteiger partial charge in [-0.3, -0.25) is 4.79 Å². The van der Waals surface area contributed by atoms with Crippen LogP contribution in [0.25, 0.3) is 10.2 Å². The normalized spacial score (nSPS) is 13.3. The van der Waals surface area contributed by atoms with E-state index >= 15 is 0 Å². The molecule has 0 fully saturated rings. The Morgan fingerprint density at radius 2 is 2.24 bits per heavy atom. The van der Waals surface area contributed by atoms with Crippen molar-refractivity contribution in [3.63, 3.8) is 0 Å². The maximum Gasteiger partial charge on any atom is 0.243 e. The Balaban J connectivity index is 2.03. The lowest BCUT2D eigenvalue weighted by molar-refractivity contribution is -0.117. The number of carbonyl (C=O) groups excluding carboxylic acids is 1. The van der Waals surface area contributed by atoms with Gasteiger partial charge in [-0.1, -0.05) is 22.9 Å². The summed E-state index contributed by atoms with van der Waals surface area (Å²) in [7, 11) is -3.14. The maximum absolute atomic E-state index is 11.9. The number of benzene rings is 1.